The summed E-state index contributed by atoms with van der Waals surface area (Å²) in [7, 11) is 0. The molecule has 0 aliphatic heterocycles. The van der Waals surface area contributed by atoms with Gasteiger partial charge in [0.15, 0.2) is 0 Å². The van der Waals surface area contributed by atoms with Crippen LogP contribution in [0.25, 0.3) is 5.95 Å². The van der Waals surface area contributed by atoms with Gasteiger partial charge in [-0.2, -0.15) is 24.7 Å². The molecule has 0 saturated heterocycles. The van der Waals surface area contributed by atoms with E-state index in [-0.39, 0.29) is 11.3 Å². The Morgan fingerprint density at radius 1 is 1.30 bits per heavy atom. The largest absolute Gasteiger partial charge is 0.352 e. The fourth-order valence-electron chi connectivity index (χ4n) is 1.81. The summed E-state index contributed by atoms with van der Waals surface area (Å²) in [5.41, 5.74) is 0. The van der Waals surface area contributed by atoms with E-state index in [1.807, 2.05) is 0 Å². The number of anilines is 1. The number of nitrogens with zero attached hydrogens (tertiary/aromatic N) is 6. The minimum absolute atomic E-state index is 0.133. The van der Waals surface area contributed by atoms with E-state index in [1.165, 1.54) is 36.6 Å². The van der Waals surface area contributed by atoms with Gasteiger partial charge in [-0.05, 0) is 24.9 Å². The van der Waals surface area contributed by atoms with Gasteiger partial charge in [0.25, 0.3) is 5.95 Å². The summed E-state index contributed by atoms with van der Waals surface area (Å²) in [6, 6.07) is 0.281. The smallest absolute Gasteiger partial charge is 0.258 e. The van der Waals surface area contributed by atoms with Crippen LogP contribution < -0.4 is 5.32 Å². The monoisotopic (exact) mass is 295 g/mol. The van der Waals surface area contributed by atoms with Crippen LogP contribution in [-0.4, -0.2) is 35.8 Å². The van der Waals surface area contributed by atoms with Crippen LogP contribution in [0.2, 0.25) is 5.28 Å². The summed E-state index contributed by atoms with van der Waals surface area (Å²) in [5.74, 6) is 0.810. The average Bonchev–Trinajstić information content (AvgIpc) is 2.92. The molecule has 0 saturated carbocycles. The van der Waals surface area contributed by atoms with Crippen LogP contribution in [0.3, 0.4) is 0 Å². The molecular weight excluding hydrogens is 278 g/mol. The first kappa shape index (κ1) is 14.6. The summed E-state index contributed by atoms with van der Waals surface area (Å²) >= 11 is 5.91. The highest BCUT2D eigenvalue weighted by molar-refractivity contribution is 6.28. The summed E-state index contributed by atoms with van der Waals surface area (Å²) in [6.45, 7) is 4.29. The van der Waals surface area contributed by atoms with Crippen molar-refractivity contribution < 1.29 is 0 Å². The van der Waals surface area contributed by atoms with E-state index in [0.29, 0.717) is 11.9 Å². The third kappa shape index (κ3) is 4.12. The van der Waals surface area contributed by atoms with Gasteiger partial charge in [-0.3, -0.25) is 0 Å². The van der Waals surface area contributed by atoms with E-state index in [4.69, 9.17) is 11.6 Å². The van der Waals surface area contributed by atoms with Gasteiger partial charge in [0.05, 0.1) is 0 Å². The number of hydrogen-bond donors (Lipinski definition) is 1. The molecule has 0 aliphatic carbocycles. The zero-order valence-electron chi connectivity index (χ0n) is 11.6. The standard InChI is InChI=1S/C12H18ClN7/c1-3-4-5-6-9(2)16-11-17-10(13)18-12(19-11)20-8-14-7-15-20/h7-9H,3-6H2,1-2H3,(H,16,17,18,19). The number of unbranched alkanes of at least 4 members (excludes halogenated alkanes) is 2. The van der Waals surface area contributed by atoms with Crippen molar-refractivity contribution in [2.75, 3.05) is 5.32 Å². The third-order valence-electron chi connectivity index (χ3n) is 2.84. The second-order valence-corrected chi connectivity index (χ2v) is 4.95. The lowest BCUT2D eigenvalue weighted by molar-refractivity contribution is 0.611. The molecular formula is C12H18ClN7. The Morgan fingerprint density at radius 2 is 2.15 bits per heavy atom. The first-order valence-electron chi connectivity index (χ1n) is 6.72. The Balaban J connectivity index is 2.05. The quantitative estimate of drug-likeness (QED) is 0.790. The van der Waals surface area contributed by atoms with Crippen molar-refractivity contribution in [3.05, 3.63) is 17.9 Å². The van der Waals surface area contributed by atoms with Crippen LogP contribution in [0.4, 0.5) is 5.95 Å². The van der Waals surface area contributed by atoms with E-state index in [9.17, 15) is 0 Å². The Labute approximate surface area is 122 Å². The highest BCUT2D eigenvalue weighted by Gasteiger charge is 2.09. The lowest BCUT2D eigenvalue weighted by Crippen LogP contribution is -2.18. The molecule has 1 N–H and O–H groups in total. The molecule has 2 aromatic heterocycles. The van der Waals surface area contributed by atoms with Crippen molar-refractivity contribution in [2.45, 2.75) is 45.6 Å². The topological polar surface area (TPSA) is 81.4 Å². The van der Waals surface area contributed by atoms with Crippen molar-refractivity contribution in [3.8, 4) is 5.95 Å². The van der Waals surface area contributed by atoms with Crippen LogP contribution in [-0.2, 0) is 0 Å². The maximum atomic E-state index is 5.91. The normalized spacial score (nSPS) is 12.3. The van der Waals surface area contributed by atoms with Gasteiger partial charge in [-0.15, -0.1) is 0 Å². The van der Waals surface area contributed by atoms with Crippen LogP contribution in [0.15, 0.2) is 12.7 Å². The van der Waals surface area contributed by atoms with E-state index in [2.05, 4.69) is 44.2 Å². The Morgan fingerprint density at radius 3 is 2.85 bits per heavy atom. The molecule has 0 aromatic carbocycles. The SMILES string of the molecule is CCCCCC(C)Nc1nc(Cl)nc(-n2cncn2)n1. The number of rotatable bonds is 7. The van der Waals surface area contributed by atoms with E-state index in [0.717, 1.165) is 6.42 Å². The molecule has 0 spiro atoms. The van der Waals surface area contributed by atoms with Crippen LogP contribution in [0.1, 0.15) is 39.5 Å². The molecule has 2 aromatic rings. The highest BCUT2D eigenvalue weighted by atomic mass is 35.5. The first-order valence-corrected chi connectivity index (χ1v) is 7.10. The first-order chi connectivity index (χ1) is 9.69. The fourth-order valence-corrected chi connectivity index (χ4v) is 1.97. The van der Waals surface area contributed by atoms with E-state index < -0.39 is 0 Å². The highest BCUT2D eigenvalue weighted by Crippen LogP contribution is 2.12. The molecule has 0 radical (unpaired) electrons. The zero-order valence-corrected chi connectivity index (χ0v) is 12.4. The minimum atomic E-state index is 0.133. The average molecular weight is 296 g/mol. The Hall–Kier alpha value is -1.76. The van der Waals surface area contributed by atoms with Gasteiger partial charge in [-0.25, -0.2) is 4.98 Å². The Kier molecular flexibility index (Phi) is 5.23. The molecule has 2 rings (SSSR count). The van der Waals surface area contributed by atoms with Crippen LogP contribution >= 0.6 is 11.6 Å². The predicted molar refractivity (Wildman–Crippen MR) is 77.0 cm³/mol. The summed E-state index contributed by atoms with van der Waals surface area (Å²) < 4.78 is 1.44. The van der Waals surface area contributed by atoms with Gasteiger partial charge in [0.1, 0.15) is 12.7 Å². The summed E-state index contributed by atoms with van der Waals surface area (Å²) in [4.78, 5) is 16.2. The van der Waals surface area contributed by atoms with E-state index >= 15 is 0 Å². The maximum absolute atomic E-state index is 5.91. The molecule has 0 amide bonds. The van der Waals surface area contributed by atoms with Crippen molar-refractivity contribution >= 4 is 17.5 Å². The van der Waals surface area contributed by atoms with Crippen molar-refractivity contribution in [1.82, 2.24) is 29.7 Å². The third-order valence-corrected chi connectivity index (χ3v) is 3.01. The summed E-state index contributed by atoms with van der Waals surface area (Å²) in [5, 5.41) is 7.34. The lowest BCUT2D eigenvalue weighted by atomic mass is 10.1. The number of halogens is 1. The van der Waals surface area contributed by atoms with Crippen LogP contribution in [0, 0.1) is 0 Å². The van der Waals surface area contributed by atoms with E-state index in [1.54, 1.807) is 0 Å². The fraction of sp³-hybridized carbons (Fsp3) is 0.583. The number of hydrogen-bond acceptors (Lipinski definition) is 6. The number of nitrogens with one attached hydrogen (secondary N) is 1. The van der Waals surface area contributed by atoms with Gasteiger partial charge in [0, 0.05) is 6.04 Å². The number of aromatic nitrogens is 6. The zero-order chi connectivity index (χ0) is 14.4. The van der Waals surface area contributed by atoms with Gasteiger partial charge in [-0.1, -0.05) is 26.2 Å². The molecule has 8 heteroatoms. The molecule has 0 aliphatic rings. The second kappa shape index (κ2) is 7.14. The lowest BCUT2D eigenvalue weighted by Gasteiger charge is -2.13. The van der Waals surface area contributed by atoms with Crippen molar-refractivity contribution in [3.63, 3.8) is 0 Å². The molecule has 20 heavy (non-hydrogen) atoms. The molecule has 0 fully saturated rings. The summed E-state index contributed by atoms with van der Waals surface area (Å²) in [6.07, 6.45) is 7.61. The second-order valence-electron chi connectivity index (χ2n) is 4.61. The van der Waals surface area contributed by atoms with Crippen LogP contribution in [0.5, 0.6) is 0 Å². The molecule has 1 atom stereocenters. The van der Waals surface area contributed by atoms with Gasteiger partial charge in [0.2, 0.25) is 11.2 Å². The molecule has 7 nitrogen and oxygen atoms in total. The molecule has 2 heterocycles. The molecule has 0 bridgehead atoms. The maximum Gasteiger partial charge on any atom is 0.258 e. The Bertz CT molecular complexity index is 529. The van der Waals surface area contributed by atoms with Gasteiger partial charge >= 0.3 is 0 Å². The molecule has 1 unspecified atom stereocenters. The van der Waals surface area contributed by atoms with Crippen molar-refractivity contribution in [1.29, 1.82) is 0 Å². The minimum Gasteiger partial charge on any atom is -0.352 e. The van der Waals surface area contributed by atoms with Crippen molar-refractivity contribution in [2.24, 2.45) is 0 Å². The van der Waals surface area contributed by atoms with Gasteiger partial charge < -0.3 is 5.32 Å². The molecule has 108 valence electrons. The predicted octanol–water partition coefficient (Wildman–Crippen LogP) is 2.49.